The molecule has 0 saturated heterocycles. The largest absolute Gasteiger partial charge is 0.321 e. The number of rotatable bonds is 9. The molecule has 40 heavy (non-hydrogen) atoms. The highest BCUT2D eigenvalue weighted by molar-refractivity contribution is 6.03. The first-order valence-corrected chi connectivity index (χ1v) is 14.6. The number of fused-ring (bicyclic) bond motifs is 1. The lowest BCUT2D eigenvalue weighted by Gasteiger charge is -2.46. The lowest BCUT2D eigenvalue weighted by atomic mass is 9.57. The van der Waals surface area contributed by atoms with Crippen LogP contribution >= 0.6 is 0 Å². The van der Waals surface area contributed by atoms with Gasteiger partial charge in [-0.25, -0.2) is 4.98 Å². The van der Waals surface area contributed by atoms with Crippen LogP contribution in [0.3, 0.4) is 0 Å². The minimum Gasteiger partial charge on any atom is -0.321 e. The molecule has 0 radical (unpaired) electrons. The van der Waals surface area contributed by atoms with Crippen LogP contribution in [0.1, 0.15) is 98.0 Å². The second kappa shape index (κ2) is 10.1. The summed E-state index contributed by atoms with van der Waals surface area (Å²) in [5.41, 5.74) is 5.48. The number of hydrogen-bond donors (Lipinski definition) is 2. The molecule has 0 aliphatic heterocycles. The van der Waals surface area contributed by atoms with Gasteiger partial charge in [0.15, 0.2) is 0 Å². The van der Waals surface area contributed by atoms with Gasteiger partial charge in [0, 0.05) is 37.2 Å². The summed E-state index contributed by atoms with van der Waals surface area (Å²) in [6.45, 7) is 7.48. The number of pyridine rings is 1. The maximum Gasteiger partial charge on any atom is 0.274 e. The molecule has 3 aromatic rings. The Bertz CT molecular complexity index is 1470. The Kier molecular flexibility index (Phi) is 6.74. The zero-order valence-electron chi connectivity index (χ0n) is 24.0. The Balaban J connectivity index is 1.27. The summed E-state index contributed by atoms with van der Waals surface area (Å²) in [5.74, 6) is 1.80. The Morgan fingerprint density at radius 3 is 2.75 bits per heavy atom. The van der Waals surface area contributed by atoms with E-state index in [1.54, 1.807) is 6.33 Å². The second-order valence-corrected chi connectivity index (χ2v) is 12.9. The van der Waals surface area contributed by atoms with Crippen molar-refractivity contribution in [2.24, 2.45) is 18.9 Å². The van der Waals surface area contributed by atoms with Crippen molar-refractivity contribution in [3.63, 3.8) is 0 Å². The number of carbonyl (C=O) groups is 1. The van der Waals surface area contributed by atoms with E-state index in [9.17, 15) is 10.1 Å². The van der Waals surface area contributed by atoms with E-state index in [1.807, 2.05) is 35.9 Å². The monoisotopic (exact) mass is 537 g/mol. The Morgan fingerprint density at radius 2 is 2.05 bits per heavy atom. The first-order chi connectivity index (χ1) is 19.2. The third-order valence-corrected chi connectivity index (χ3v) is 9.50. The molecule has 2 saturated carbocycles. The van der Waals surface area contributed by atoms with Crippen LogP contribution in [0.5, 0.6) is 0 Å². The predicted octanol–water partition coefficient (Wildman–Crippen LogP) is 5.18. The fourth-order valence-electron chi connectivity index (χ4n) is 6.88. The van der Waals surface area contributed by atoms with Gasteiger partial charge in [0.1, 0.15) is 17.8 Å². The third kappa shape index (κ3) is 4.81. The fraction of sp³-hybridized carbons (Fsp3) is 0.531. The molecule has 3 aliphatic rings. The molecule has 3 aliphatic carbocycles. The Morgan fingerprint density at radius 1 is 1.25 bits per heavy atom. The van der Waals surface area contributed by atoms with Gasteiger partial charge in [-0.15, -0.1) is 10.2 Å². The van der Waals surface area contributed by atoms with E-state index in [4.69, 9.17) is 4.98 Å². The molecule has 0 bridgehead atoms. The number of hydrogen-bond acceptors (Lipinski definition) is 6. The van der Waals surface area contributed by atoms with Crippen LogP contribution in [-0.4, -0.2) is 31.7 Å². The predicted molar refractivity (Wildman–Crippen MR) is 154 cm³/mol. The van der Waals surface area contributed by atoms with Gasteiger partial charge in [-0.05, 0) is 92.2 Å². The lowest BCUT2D eigenvalue weighted by molar-refractivity contribution is 0.102. The molecule has 0 unspecified atom stereocenters. The van der Waals surface area contributed by atoms with Crippen molar-refractivity contribution < 1.29 is 4.79 Å². The summed E-state index contributed by atoms with van der Waals surface area (Å²) in [7, 11) is 1.96. The summed E-state index contributed by atoms with van der Waals surface area (Å²) in [5, 5.41) is 24.7. The standard InChI is InChI=1S/C32H39N7O/c1-20(22-8-9-22)34-18-23-14-27(37-28-26(23)10-12-31(28,2)3)29(40)36-25-7-5-6-24(15-25)32(16-21(17-32)11-13-33)30-38-35-19-39(30)4/h5-7,14-15,19-22,34H,8-12,16-18H2,1-4H3,(H,36,40)/t20-,21?,32?/m0/s1. The smallest absolute Gasteiger partial charge is 0.274 e. The van der Waals surface area contributed by atoms with Gasteiger partial charge in [0.05, 0.1) is 17.2 Å². The molecule has 8 heteroatoms. The summed E-state index contributed by atoms with van der Waals surface area (Å²) in [6, 6.07) is 12.8. The van der Waals surface area contributed by atoms with Gasteiger partial charge in [-0.1, -0.05) is 26.0 Å². The molecule has 0 spiro atoms. The van der Waals surface area contributed by atoms with Crippen molar-refractivity contribution in [3.05, 3.63) is 70.6 Å². The number of anilines is 1. The molecule has 1 atom stereocenters. The number of aryl methyl sites for hydroxylation is 1. The van der Waals surface area contributed by atoms with Crippen molar-refractivity contribution in [3.8, 4) is 6.07 Å². The molecule has 2 fully saturated rings. The maximum atomic E-state index is 13.6. The van der Waals surface area contributed by atoms with Gasteiger partial charge in [-0.3, -0.25) is 4.79 Å². The van der Waals surface area contributed by atoms with Gasteiger partial charge in [0.25, 0.3) is 5.91 Å². The summed E-state index contributed by atoms with van der Waals surface area (Å²) in [4.78, 5) is 18.6. The van der Waals surface area contributed by atoms with E-state index in [-0.39, 0.29) is 16.7 Å². The average Bonchev–Trinajstić information content (AvgIpc) is 3.61. The zero-order valence-corrected chi connectivity index (χ0v) is 24.0. The van der Waals surface area contributed by atoms with Gasteiger partial charge < -0.3 is 15.2 Å². The van der Waals surface area contributed by atoms with Crippen LogP contribution < -0.4 is 10.6 Å². The highest BCUT2D eigenvalue weighted by atomic mass is 16.1. The maximum absolute atomic E-state index is 13.6. The second-order valence-electron chi connectivity index (χ2n) is 12.9. The summed E-state index contributed by atoms with van der Waals surface area (Å²) in [6.07, 6.45) is 8.59. The van der Waals surface area contributed by atoms with E-state index in [2.05, 4.69) is 53.7 Å². The fourth-order valence-corrected chi connectivity index (χ4v) is 6.88. The first-order valence-electron chi connectivity index (χ1n) is 14.6. The minimum atomic E-state index is -0.319. The number of aromatic nitrogens is 4. The van der Waals surface area contributed by atoms with E-state index < -0.39 is 0 Å². The average molecular weight is 538 g/mol. The van der Waals surface area contributed by atoms with E-state index in [0.29, 0.717) is 24.1 Å². The molecule has 1 aromatic carbocycles. The van der Waals surface area contributed by atoms with Crippen molar-refractivity contribution in [2.45, 2.75) is 89.1 Å². The van der Waals surface area contributed by atoms with Crippen LogP contribution in [0.25, 0.3) is 0 Å². The van der Waals surface area contributed by atoms with Crippen molar-refractivity contribution >= 4 is 11.6 Å². The van der Waals surface area contributed by atoms with E-state index in [1.165, 1.54) is 24.0 Å². The number of nitrogens with one attached hydrogen (secondary N) is 2. The summed E-state index contributed by atoms with van der Waals surface area (Å²) < 4.78 is 1.96. The van der Waals surface area contributed by atoms with Crippen LogP contribution in [0.15, 0.2) is 36.7 Å². The number of amides is 1. The molecule has 2 aromatic heterocycles. The van der Waals surface area contributed by atoms with Crippen molar-refractivity contribution in [2.75, 3.05) is 5.32 Å². The SMILES string of the molecule is C[C@H](NCc1cc(C(=O)Nc2cccc(C3(c4nncn4C)CC(CC#N)C3)c2)nc2c1CCC2(C)C)C1CC1. The van der Waals surface area contributed by atoms with Crippen LogP contribution in [0.4, 0.5) is 5.69 Å². The Hall–Kier alpha value is -3.57. The molecular formula is C32H39N7O. The normalized spacial score (nSPS) is 23.6. The van der Waals surface area contributed by atoms with Gasteiger partial charge in [-0.2, -0.15) is 5.26 Å². The minimum absolute atomic E-state index is 0.0466. The topological polar surface area (TPSA) is 109 Å². The highest BCUT2D eigenvalue weighted by Gasteiger charge is 2.49. The third-order valence-electron chi connectivity index (χ3n) is 9.50. The quantitative estimate of drug-likeness (QED) is 0.389. The number of nitrogens with zero attached hydrogens (tertiary/aromatic N) is 5. The molecule has 1 amide bonds. The van der Waals surface area contributed by atoms with Crippen LogP contribution in [0.2, 0.25) is 0 Å². The number of nitriles is 1. The number of benzene rings is 1. The number of carbonyl (C=O) groups excluding carboxylic acids is 1. The van der Waals surface area contributed by atoms with E-state index in [0.717, 1.165) is 60.9 Å². The van der Waals surface area contributed by atoms with E-state index >= 15 is 0 Å². The molecule has 8 nitrogen and oxygen atoms in total. The van der Waals surface area contributed by atoms with Crippen molar-refractivity contribution in [1.82, 2.24) is 25.1 Å². The van der Waals surface area contributed by atoms with Gasteiger partial charge in [0.2, 0.25) is 0 Å². The molecule has 6 rings (SSSR count). The first kappa shape index (κ1) is 26.6. The van der Waals surface area contributed by atoms with Crippen LogP contribution in [0, 0.1) is 23.2 Å². The van der Waals surface area contributed by atoms with Crippen molar-refractivity contribution in [1.29, 1.82) is 5.26 Å². The van der Waals surface area contributed by atoms with Gasteiger partial charge >= 0.3 is 0 Å². The molecule has 2 heterocycles. The summed E-state index contributed by atoms with van der Waals surface area (Å²) >= 11 is 0. The lowest BCUT2D eigenvalue weighted by Crippen LogP contribution is -2.44. The highest BCUT2D eigenvalue weighted by Crippen LogP contribution is 2.53. The molecular weight excluding hydrogens is 498 g/mol. The molecule has 2 N–H and O–H groups in total. The molecule has 208 valence electrons. The zero-order chi connectivity index (χ0) is 28.1. The Labute approximate surface area is 236 Å². The van der Waals surface area contributed by atoms with Crippen LogP contribution in [-0.2, 0) is 30.8 Å².